The Hall–Kier alpha value is -2.76. The molecule has 3 aromatic rings. The average molecular weight is 467 g/mol. The lowest BCUT2D eigenvalue weighted by atomic mass is 9.96. The van der Waals surface area contributed by atoms with Gasteiger partial charge in [0.2, 0.25) is 5.91 Å². The predicted octanol–water partition coefficient (Wildman–Crippen LogP) is 5.99. The van der Waals surface area contributed by atoms with Crippen molar-refractivity contribution in [1.82, 2.24) is 9.97 Å². The van der Waals surface area contributed by atoms with Crippen LogP contribution in [0.15, 0.2) is 40.7 Å². The number of hydrogen-bond acceptors (Lipinski definition) is 6. The maximum absolute atomic E-state index is 13.1. The molecule has 1 amide bonds. The van der Waals surface area contributed by atoms with Gasteiger partial charge in [0, 0.05) is 16.6 Å². The van der Waals surface area contributed by atoms with Gasteiger partial charge in [-0.05, 0) is 68.5 Å². The Morgan fingerprint density at radius 2 is 1.94 bits per heavy atom. The molecule has 1 N–H and O–H groups in total. The quantitative estimate of drug-likeness (QED) is 0.467. The molecule has 0 bridgehead atoms. The van der Waals surface area contributed by atoms with E-state index in [0.717, 1.165) is 36.9 Å². The number of aryl methyl sites for hydroxylation is 2. The molecule has 5 nitrogen and oxygen atoms in total. The second-order valence-corrected chi connectivity index (χ2v) is 9.95. The van der Waals surface area contributed by atoms with Crippen LogP contribution in [0.4, 0.5) is 9.52 Å². The van der Waals surface area contributed by atoms with Crippen LogP contribution >= 0.6 is 23.1 Å². The number of amides is 1. The van der Waals surface area contributed by atoms with Gasteiger partial charge < -0.3 is 5.32 Å². The molecule has 2 heterocycles. The van der Waals surface area contributed by atoms with E-state index in [1.165, 1.54) is 53.6 Å². The number of thiazole rings is 1. The van der Waals surface area contributed by atoms with Crippen LogP contribution in [-0.2, 0) is 17.6 Å². The van der Waals surface area contributed by atoms with Gasteiger partial charge in [-0.1, -0.05) is 24.6 Å². The summed E-state index contributed by atoms with van der Waals surface area (Å²) >= 11 is 2.62. The van der Waals surface area contributed by atoms with Crippen molar-refractivity contribution in [1.29, 1.82) is 5.26 Å². The summed E-state index contributed by atoms with van der Waals surface area (Å²) in [5.74, 6) is -0.505. The zero-order valence-corrected chi connectivity index (χ0v) is 19.4. The third-order valence-corrected chi connectivity index (χ3v) is 7.28. The van der Waals surface area contributed by atoms with Gasteiger partial charge >= 0.3 is 0 Å². The van der Waals surface area contributed by atoms with Crippen molar-refractivity contribution < 1.29 is 9.18 Å². The molecule has 1 aliphatic rings. The summed E-state index contributed by atoms with van der Waals surface area (Å²) in [6.07, 6.45) is 6.52. The fraction of sp³-hybridized carbons (Fsp3) is 0.333. The third kappa shape index (κ3) is 5.34. The number of rotatable bonds is 5. The first-order valence-corrected chi connectivity index (χ1v) is 12.4. The first kappa shape index (κ1) is 22.4. The van der Waals surface area contributed by atoms with Crippen LogP contribution in [0.25, 0.3) is 11.3 Å². The zero-order chi connectivity index (χ0) is 22.5. The van der Waals surface area contributed by atoms with Crippen molar-refractivity contribution in [2.24, 2.45) is 0 Å². The molecular formula is C24H23FN4OS2. The van der Waals surface area contributed by atoms with E-state index in [4.69, 9.17) is 4.98 Å². The highest BCUT2D eigenvalue weighted by Gasteiger charge is 2.21. The van der Waals surface area contributed by atoms with E-state index in [-0.39, 0.29) is 11.7 Å². The SMILES string of the molecule is CC(Sc1nc2c(cc1C#N)CCCCCC2)C(=O)Nc1nc(-c2ccc(F)cc2)cs1. The highest BCUT2D eigenvalue weighted by atomic mass is 32.2. The molecule has 164 valence electrons. The molecule has 8 heteroatoms. The van der Waals surface area contributed by atoms with E-state index in [9.17, 15) is 14.4 Å². The van der Waals surface area contributed by atoms with Crippen LogP contribution in [0.5, 0.6) is 0 Å². The fourth-order valence-electron chi connectivity index (χ4n) is 3.65. The molecule has 2 aromatic heterocycles. The van der Waals surface area contributed by atoms with Gasteiger partial charge in [-0.2, -0.15) is 5.26 Å². The van der Waals surface area contributed by atoms with Crippen LogP contribution < -0.4 is 5.32 Å². The average Bonchev–Trinajstić information content (AvgIpc) is 3.23. The van der Waals surface area contributed by atoms with Crippen LogP contribution in [0.2, 0.25) is 0 Å². The zero-order valence-electron chi connectivity index (χ0n) is 17.7. The highest BCUT2D eigenvalue weighted by Crippen LogP contribution is 2.30. The molecule has 1 atom stereocenters. The summed E-state index contributed by atoms with van der Waals surface area (Å²) in [7, 11) is 0. The maximum atomic E-state index is 13.1. The van der Waals surface area contributed by atoms with Gasteiger partial charge in [-0.25, -0.2) is 14.4 Å². The van der Waals surface area contributed by atoms with Gasteiger partial charge in [-0.3, -0.25) is 4.79 Å². The Bertz CT molecular complexity index is 1150. The minimum Gasteiger partial charge on any atom is -0.301 e. The Kier molecular flexibility index (Phi) is 7.18. The summed E-state index contributed by atoms with van der Waals surface area (Å²) in [5.41, 5.74) is 4.22. The standard InChI is InChI=1S/C24H23FN4OS2/c1-15(22(30)29-24-28-21(14-31-24)16-8-10-19(25)11-9-16)32-23-18(13-26)12-17-6-4-2-3-5-7-20(17)27-23/h8-12,14-15H,2-7H2,1H3,(H,28,29,30). The van der Waals surface area contributed by atoms with Gasteiger partial charge in [0.05, 0.1) is 16.5 Å². The molecule has 0 aliphatic heterocycles. The van der Waals surface area contributed by atoms with Crippen molar-refractivity contribution in [2.45, 2.75) is 55.7 Å². The van der Waals surface area contributed by atoms with Crippen LogP contribution in [0.3, 0.4) is 0 Å². The lowest BCUT2D eigenvalue weighted by Crippen LogP contribution is -2.22. The monoisotopic (exact) mass is 466 g/mol. The molecule has 1 aromatic carbocycles. The number of benzene rings is 1. The number of nitrogens with one attached hydrogen (secondary N) is 1. The van der Waals surface area contributed by atoms with Crippen molar-refractivity contribution in [3.63, 3.8) is 0 Å². The number of carbonyl (C=O) groups is 1. The Balaban J connectivity index is 1.45. The lowest BCUT2D eigenvalue weighted by molar-refractivity contribution is -0.115. The number of nitriles is 1. The topological polar surface area (TPSA) is 78.7 Å². The summed E-state index contributed by atoms with van der Waals surface area (Å²) in [4.78, 5) is 22.0. The predicted molar refractivity (Wildman–Crippen MR) is 126 cm³/mol. The number of halogens is 1. The van der Waals surface area contributed by atoms with Crippen LogP contribution in [-0.4, -0.2) is 21.1 Å². The second-order valence-electron chi connectivity index (χ2n) is 7.77. The fourth-order valence-corrected chi connectivity index (χ4v) is 5.27. The van der Waals surface area contributed by atoms with Gasteiger partial charge in [0.1, 0.15) is 16.9 Å². The van der Waals surface area contributed by atoms with E-state index in [1.807, 2.05) is 11.4 Å². The number of anilines is 1. The normalized spacial score (nSPS) is 14.5. The molecule has 0 spiro atoms. The second kappa shape index (κ2) is 10.2. The summed E-state index contributed by atoms with van der Waals surface area (Å²) in [5, 5.41) is 14.9. The first-order valence-electron chi connectivity index (χ1n) is 10.7. The van der Waals surface area contributed by atoms with E-state index in [0.29, 0.717) is 21.4 Å². The largest absolute Gasteiger partial charge is 0.301 e. The first-order chi connectivity index (χ1) is 15.5. The lowest BCUT2D eigenvalue weighted by Gasteiger charge is -2.16. The number of thioether (sulfide) groups is 1. The van der Waals surface area contributed by atoms with Gasteiger partial charge in [0.25, 0.3) is 0 Å². The van der Waals surface area contributed by atoms with E-state index in [1.54, 1.807) is 19.1 Å². The van der Waals surface area contributed by atoms with Crippen molar-refractivity contribution in [3.8, 4) is 17.3 Å². The molecule has 0 radical (unpaired) electrons. The molecule has 0 saturated heterocycles. The van der Waals surface area contributed by atoms with Crippen LogP contribution in [0.1, 0.15) is 49.4 Å². The highest BCUT2D eigenvalue weighted by molar-refractivity contribution is 8.00. The number of hydrogen-bond donors (Lipinski definition) is 1. The minimum absolute atomic E-state index is 0.201. The number of nitrogens with zero attached hydrogens (tertiary/aromatic N) is 3. The third-order valence-electron chi connectivity index (χ3n) is 5.42. The smallest absolute Gasteiger partial charge is 0.239 e. The van der Waals surface area contributed by atoms with E-state index in [2.05, 4.69) is 16.4 Å². The van der Waals surface area contributed by atoms with Gasteiger partial charge in [-0.15, -0.1) is 11.3 Å². The molecule has 1 aliphatic carbocycles. The molecular weight excluding hydrogens is 443 g/mol. The van der Waals surface area contributed by atoms with Crippen molar-refractivity contribution in [3.05, 3.63) is 58.3 Å². The number of aromatic nitrogens is 2. The van der Waals surface area contributed by atoms with Crippen molar-refractivity contribution in [2.75, 3.05) is 5.32 Å². The van der Waals surface area contributed by atoms with E-state index >= 15 is 0 Å². The maximum Gasteiger partial charge on any atom is 0.239 e. The van der Waals surface area contributed by atoms with Crippen molar-refractivity contribution >= 4 is 34.1 Å². The number of pyridine rings is 1. The minimum atomic E-state index is -0.445. The summed E-state index contributed by atoms with van der Waals surface area (Å²) in [6, 6.07) is 10.3. The number of fused-ring (bicyclic) bond motifs is 1. The summed E-state index contributed by atoms with van der Waals surface area (Å²) < 4.78 is 13.1. The number of carbonyl (C=O) groups excluding carboxylic acids is 1. The van der Waals surface area contributed by atoms with Gasteiger partial charge in [0.15, 0.2) is 5.13 Å². The molecule has 32 heavy (non-hydrogen) atoms. The Morgan fingerprint density at radius 1 is 1.19 bits per heavy atom. The molecule has 1 unspecified atom stereocenters. The Morgan fingerprint density at radius 3 is 2.69 bits per heavy atom. The van der Waals surface area contributed by atoms with Crippen LogP contribution in [0, 0.1) is 17.1 Å². The molecule has 0 fully saturated rings. The molecule has 4 rings (SSSR count). The Labute approximate surface area is 195 Å². The van der Waals surface area contributed by atoms with E-state index < -0.39 is 5.25 Å². The summed E-state index contributed by atoms with van der Waals surface area (Å²) in [6.45, 7) is 1.80. The molecule has 0 saturated carbocycles.